The summed E-state index contributed by atoms with van der Waals surface area (Å²) in [6.07, 6.45) is 0.124. The molecule has 0 aromatic heterocycles. The molecule has 0 unspecified atom stereocenters. The van der Waals surface area contributed by atoms with Crippen LogP contribution in [-0.2, 0) is 15.9 Å². The van der Waals surface area contributed by atoms with Crippen molar-refractivity contribution in [3.63, 3.8) is 0 Å². The van der Waals surface area contributed by atoms with Gasteiger partial charge in [-0.25, -0.2) is 0 Å². The highest BCUT2D eigenvalue weighted by Crippen LogP contribution is 2.10. The number of ether oxygens (including phenoxy) is 2. The first-order valence-electron chi connectivity index (χ1n) is 7.20. The van der Waals surface area contributed by atoms with Crippen molar-refractivity contribution in [1.29, 1.82) is 0 Å². The molecule has 1 N–H and O–H groups in total. The van der Waals surface area contributed by atoms with E-state index in [-0.39, 0.29) is 11.9 Å². The summed E-state index contributed by atoms with van der Waals surface area (Å²) in [4.78, 5) is 12.4. The van der Waals surface area contributed by atoms with Gasteiger partial charge in [-0.05, 0) is 24.1 Å². The molecule has 4 nitrogen and oxygen atoms in total. The lowest BCUT2D eigenvalue weighted by Crippen LogP contribution is -2.46. The molecule has 0 radical (unpaired) electrons. The van der Waals surface area contributed by atoms with Crippen molar-refractivity contribution >= 4 is 5.91 Å². The maximum atomic E-state index is 12.4. The van der Waals surface area contributed by atoms with Gasteiger partial charge >= 0.3 is 0 Å². The Hall–Kier alpha value is -2.17. The second-order valence-corrected chi connectivity index (χ2v) is 4.98. The molecular formula is C18H21NO3. The Morgan fingerprint density at radius 2 is 1.50 bits per heavy atom. The van der Waals surface area contributed by atoms with Crippen LogP contribution >= 0.6 is 0 Å². The molecule has 4 heteroatoms. The Balaban J connectivity index is 2.12. The van der Waals surface area contributed by atoms with Crippen LogP contribution in [0.1, 0.15) is 15.9 Å². The van der Waals surface area contributed by atoms with Gasteiger partial charge in [0.15, 0.2) is 6.29 Å². The lowest BCUT2D eigenvalue weighted by atomic mass is 10.0. The molecule has 2 rings (SSSR count). The fourth-order valence-electron chi connectivity index (χ4n) is 2.35. The van der Waals surface area contributed by atoms with E-state index in [0.29, 0.717) is 12.0 Å². The molecule has 0 saturated heterocycles. The lowest BCUT2D eigenvalue weighted by molar-refractivity contribution is -0.120. The first-order valence-corrected chi connectivity index (χ1v) is 7.20. The molecule has 0 saturated carbocycles. The number of nitrogens with one attached hydrogen (secondary N) is 1. The van der Waals surface area contributed by atoms with E-state index in [0.717, 1.165) is 5.56 Å². The minimum atomic E-state index is -0.507. The van der Waals surface area contributed by atoms with Crippen molar-refractivity contribution < 1.29 is 14.3 Å². The zero-order valence-corrected chi connectivity index (χ0v) is 12.9. The average Bonchev–Trinajstić information content (AvgIpc) is 2.57. The van der Waals surface area contributed by atoms with Crippen LogP contribution in [0, 0.1) is 0 Å². The molecular weight excluding hydrogens is 278 g/mol. The van der Waals surface area contributed by atoms with Crippen LogP contribution in [-0.4, -0.2) is 32.5 Å². The van der Waals surface area contributed by atoms with Crippen LogP contribution in [0.4, 0.5) is 0 Å². The van der Waals surface area contributed by atoms with E-state index in [1.165, 1.54) is 0 Å². The average molecular weight is 299 g/mol. The third kappa shape index (κ3) is 4.41. The summed E-state index contributed by atoms with van der Waals surface area (Å²) in [5.41, 5.74) is 1.73. The quantitative estimate of drug-likeness (QED) is 0.800. The van der Waals surface area contributed by atoms with Crippen LogP contribution in [0.25, 0.3) is 0 Å². The van der Waals surface area contributed by atoms with Gasteiger partial charge in [-0.3, -0.25) is 4.79 Å². The monoisotopic (exact) mass is 299 g/mol. The van der Waals surface area contributed by atoms with Gasteiger partial charge in [0.25, 0.3) is 5.91 Å². The van der Waals surface area contributed by atoms with E-state index in [1.54, 1.807) is 26.4 Å². The number of rotatable bonds is 7. The van der Waals surface area contributed by atoms with E-state index in [9.17, 15) is 4.79 Å². The summed E-state index contributed by atoms with van der Waals surface area (Å²) in [6.45, 7) is 0. The molecule has 2 aromatic carbocycles. The summed E-state index contributed by atoms with van der Waals surface area (Å²) >= 11 is 0. The Morgan fingerprint density at radius 3 is 2.05 bits per heavy atom. The number of carbonyl (C=O) groups excluding carboxylic acids is 1. The Labute approximate surface area is 131 Å². The predicted molar refractivity (Wildman–Crippen MR) is 85.6 cm³/mol. The lowest BCUT2D eigenvalue weighted by Gasteiger charge is -2.26. The van der Waals surface area contributed by atoms with Crippen molar-refractivity contribution in [2.24, 2.45) is 0 Å². The van der Waals surface area contributed by atoms with Gasteiger partial charge < -0.3 is 14.8 Å². The van der Waals surface area contributed by atoms with E-state index in [1.807, 2.05) is 48.5 Å². The number of hydrogen-bond donors (Lipinski definition) is 1. The molecule has 0 bridgehead atoms. The van der Waals surface area contributed by atoms with Gasteiger partial charge in [-0.1, -0.05) is 48.5 Å². The van der Waals surface area contributed by atoms with Crippen LogP contribution in [0.15, 0.2) is 60.7 Å². The minimum absolute atomic E-state index is 0.138. The van der Waals surface area contributed by atoms with Gasteiger partial charge in [-0.15, -0.1) is 0 Å². The van der Waals surface area contributed by atoms with Crippen molar-refractivity contribution in [3.8, 4) is 0 Å². The molecule has 1 atom stereocenters. The molecule has 0 heterocycles. The van der Waals surface area contributed by atoms with Crippen molar-refractivity contribution in [2.45, 2.75) is 18.8 Å². The highest BCUT2D eigenvalue weighted by atomic mass is 16.7. The maximum Gasteiger partial charge on any atom is 0.251 e. The summed E-state index contributed by atoms with van der Waals surface area (Å²) < 4.78 is 10.7. The molecule has 0 aliphatic heterocycles. The fourth-order valence-corrected chi connectivity index (χ4v) is 2.35. The molecule has 1 amide bonds. The molecule has 2 aromatic rings. The standard InChI is InChI=1S/C18H21NO3/c1-21-18(22-2)16(13-14-9-5-3-6-10-14)19-17(20)15-11-7-4-8-12-15/h3-12,16,18H,13H2,1-2H3,(H,19,20)/t16-/m0/s1. The smallest absolute Gasteiger partial charge is 0.251 e. The normalized spacial score (nSPS) is 12.1. The van der Waals surface area contributed by atoms with Gasteiger partial charge in [-0.2, -0.15) is 0 Å². The number of benzene rings is 2. The van der Waals surface area contributed by atoms with Crippen LogP contribution < -0.4 is 5.32 Å². The van der Waals surface area contributed by atoms with Crippen molar-refractivity contribution in [2.75, 3.05) is 14.2 Å². The second-order valence-electron chi connectivity index (χ2n) is 4.98. The molecule has 116 valence electrons. The first kappa shape index (κ1) is 16.2. The molecule has 0 fully saturated rings. The summed E-state index contributed by atoms with van der Waals surface area (Å²) in [7, 11) is 3.14. The SMILES string of the molecule is COC(OC)[C@H](Cc1ccccc1)NC(=O)c1ccccc1. The zero-order chi connectivity index (χ0) is 15.8. The summed E-state index contributed by atoms with van der Waals surface area (Å²) in [5.74, 6) is -0.138. The summed E-state index contributed by atoms with van der Waals surface area (Å²) in [6, 6.07) is 18.8. The Kier molecular flexibility index (Phi) is 6.13. The number of carbonyl (C=O) groups is 1. The van der Waals surface area contributed by atoms with Gasteiger partial charge in [0.05, 0.1) is 6.04 Å². The van der Waals surface area contributed by atoms with Crippen LogP contribution in [0.3, 0.4) is 0 Å². The molecule has 0 aliphatic rings. The van der Waals surface area contributed by atoms with E-state index < -0.39 is 6.29 Å². The predicted octanol–water partition coefficient (Wildman–Crippen LogP) is 2.65. The molecule has 0 aliphatic carbocycles. The Morgan fingerprint density at radius 1 is 0.955 bits per heavy atom. The minimum Gasteiger partial charge on any atom is -0.354 e. The van der Waals surface area contributed by atoms with Gasteiger partial charge in [0.1, 0.15) is 0 Å². The zero-order valence-electron chi connectivity index (χ0n) is 12.9. The highest BCUT2D eigenvalue weighted by molar-refractivity contribution is 5.94. The van der Waals surface area contributed by atoms with Crippen molar-refractivity contribution in [1.82, 2.24) is 5.32 Å². The Bertz CT molecular complexity index is 567. The number of amides is 1. The van der Waals surface area contributed by atoms with Crippen molar-refractivity contribution in [3.05, 3.63) is 71.8 Å². The second kappa shape index (κ2) is 8.32. The van der Waals surface area contributed by atoms with Crippen LogP contribution in [0.5, 0.6) is 0 Å². The highest BCUT2D eigenvalue weighted by Gasteiger charge is 2.23. The first-order chi connectivity index (χ1) is 10.7. The number of hydrogen-bond acceptors (Lipinski definition) is 3. The molecule has 0 spiro atoms. The largest absolute Gasteiger partial charge is 0.354 e. The van der Waals surface area contributed by atoms with Gasteiger partial charge in [0.2, 0.25) is 0 Å². The number of methoxy groups -OCH3 is 2. The molecule has 22 heavy (non-hydrogen) atoms. The maximum absolute atomic E-state index is 12.4. The van der Waals surface area contributed by atoms with Crippen LogP contribution in [0.2, 0.25) is 0 Å². The van der Waals surface area contributed by atoms with E-state index in [4.69, 9.17) is 9.47 Å². The van der Waals surface area contributed by atoms with E-state index in [2.05, 4.69) is 5.32 Å². The summed E-state index contributed by atoms with van der Waals surface area (Å²) in [5, 5.41) is 2.99. The topological polar surface area (TPSA) is 47.6 Å². The van der Waals surface area contributed by atoms with Gasteiger partial charge in [0, 0.05) is 19.8 Å². The van der Waals surface area contributed by atoms with E-state index >= 15 is 0 Å². The third-order valence-corrected chi connectivity index (χ3v) is 3.44. The third-order valence-electron chi connectivity index (χ3n) is 3.44. The fraction of sp³-hybridized carbons (Fsp3) is 0.278.